The summed E-state index contributed by atoms with van der Waals surface area (Å²) in [5, 5.41) is 0. The van der Waals surface area contributed by atoms with Crippen molar-refractivity contribution in [3.63, 3.8) is 0 Å². The Morgan fingerprint density at radius 3 is 2.43 bits per heavy atom. The maximum atomic E-state index is 14.0. The van der Waals surface area contributed by atoms with Gasteiger partial charge in [-0.25, -0.2) is 12.8 Å². The maximum absolute atomic E-state index is 14.0. The van der Waals surface area contributed by atoms with Gasteiger partial charge in [-0.15, -0.1) is 0 Å². The summed E-state index contributed by atoms with van der Waals surface area (Å²) < 4.78 is 63.8. The molecule has 1 atom stereocenters. The van der Waals surface area contributed by atoms with Crippen LogP contribution in [-0.4, -0.2) is 48.5 Å². The molecule has 0 radical (unpaired) electrons. The molecule has 0 amide bonds. The zero-order valence-electron chi connectivity index (χ0n) is 11.6. The molecule has 0 bridgehead atoms. The molecule has 21 heavy (non-hydrogen) atoms. The van der Waals surface area contributed by atoms with E-state index >= 15 is 0 Å². The highest BCUT2D eigenvalue weighted by molar-refractivity contribution is 7.90. The lowest BCUT2D eigenvalue weighted by Gasteiger charge is -2.19. The zero-order chi connectivity index (χ0) is 15.8. The van der Waals surface area contributed by atoms with Crippen molar-refractivity contribution >= 4 is 25.6 Å². The van der Waals surface area contributed by atoms with Crippen LogP contribution in [0.25, 0.3) is 0 Å². The van der Waals surface area contributed by atoms with E-state index in [1.807, 2.05) is 0 Å². The Hall–Kier alpha value is -1.19. The third kappa shape index (κ3) is 4.14. The fourth-order valence-corrected chi connectivity index (χ4v) is 3.53. The number of anilines is 1. The smallest absolute Gasteiger partial charge is 0.264 e. The van der Waals surface area contributed by atoms with Gasteiger partial charge >= 0.3 is 0 Å². The molecule has 1 aromatic rings. The highest BCUT2D eigenvalue weighted by atomic mass is 32.2. The van der Waals surface area contributed by atoms with Gasteiger partial charge in [0.15, 0.2) is 9.84 Å². The largest absolute Gasteiger partial charge is 0.366 e. The normalized spacial score (nSPS) is 20.0. The number of sulfone groups is 1. The molecule has 0 N–H and O–H groups in total. The number of hydrogen-bond donors (Lipinski definition) is 0. The summed E-state index contributed by atoms with van der Waals surface area (Å²) in [7, 11) is -7.01. The highest BCUT2D eigenvalue weighted by Gasteiger charge is 2.28. The van der Waals surface area contributed by atoms with E-state index in [2.05, 4.69) is 0 Å². The summed E-state index contributed by atoms with van der Waals surface area (Å²) in [6.45, 7) is 0.678. The standard InChI is InChI=1S/C12H16FNO5S2/c1-20(15,16)10-3-4-12(11(13)7-10)14-6-5-9(8-14)19-21(2,17)18/h3-4,7,9H,5-6,8H2,1-2H3. The van der Waals surface area contributed by atoms with Crippen LogP contribution in [-0.2, 0) is 24.1 Å². The van der Waals surface area contributed by atoms with Gasteiger partial charge in [-0.2, -0.15) is 8.42 Å². The minimum absolute atomic E-state index is 0.0908. The maximum Gasteiger partial charge on any atom is 0.264 e. The van der Waals surface area contributed by atoms with Crippen molar-refractivity contribution in [1.29, 1.82) is 0 Å². The molecule has 118 valence electrons. The monoisotopic (exact) mass is 337 g/mol. The van der Waals surface area contributed by atoms with Crippen molar-refractivity contribution in [3.8, 4) is 0 Å². The third-order valence-electron chi connectivity index (χ3n) is 3.14. The first-order chi connectivity index (χ1) is 9.56. The quantitative estimate of drug-likeness (QED) is 0.756. The van der Waals surface area contributed by atoms with Crippen molar-refractivity contribution < 1.29 is 25.4 Å². The van der Waals surface area contributed by atoms with Gasteiger partial charge in [0.2, 0.25) is 0 Å². The number of nitrogens with zero attached hydrogens (tertiary/aromatic N) is 1. The molecule has 1 heterocycles. The number of halogens is 1. The van der Waals surface area contributed by atoms with Crippen LogP contribution in [0.5, 0.6) is 0 Å². The predicted molar refractivity (Wildman–Crippen MR) is 76.1 cm³/mol. The van der Waals surface area contributed by atoms with Crippen LogP contribution in [0.15, 0.2) is 23.1 Å². The van der Waals surface area contributed by atoms with Crippen LogP contribution in [0.3, 0.4) is 0 Å². The molecule has 2 rings (SSSR count). The SMILES string of the molecule is CS(=O)(=O)OC1CCN(c2ccc(S(C)(=O)=O)cc2F)C1. The number of hydrogen-bond acceptors (Lipinski definition) is 6. The Morgan fingerprint density at radius 1 is 1.24 bits per heavy atom. The lowest BCUT2D eigenvalue weighted by molar-refractivity contribution is 0.234. The predicted octanol–water partition coefficient (Wildman–Crippen LogP) is 0.784. The Kier molecular flexibility index (Phi) is 4.27. The summed E-state index contributed by atoms with van der Waals surface area (Å²) in [5.41, 5.74) is 0.238. The molecule has 1 unspecified atom stereocenters. The van der Waals surface area contributed by atoms with Gasteiger partial charge in [-0.1, -0.05) is 0 Å². The molecule has 0 spiro atoms. The molecule has 0 aromatic heterocycles. The van der Waals surface area contributed by atoms with Crippen LogP contribution < -0.4 is 4.90 Å². The lowest BCUT2D eigenvalue weighted by Crippen LogP contribution is -2.25. The Morgan fingerprint density at radius 2 is 1.90 bits per heavy atom. The van der Waals surface area contributed by atoms with E-state index in [0.717, 1.165) is 18.6 Å². The summed E-state index contributed by atoms with van der Waals surface area (Å²) in [4.78, 5) is 1.55. The van der Waals surface area contributed by atoms with Crippen molar-refractivity contribution in [3.05, 3.63) is 24.0 Å². The second-order valence-electron chi connectivity index (χ2n) is 5.04. The van der Waals surface area contributed by atoms with Gasteiger partial charge in [0, 0.05) is 19.3 Å². The molecule has 1 aliphatic rings. The van der Waals surface area contributed by atoms with Crippen molar-refractivity contribution in [2.24, 2.45) is 0 Å². The Bertz CT molecular complexity index is 745. The van der Waals surface area contributed by atoms with Gasteiger partial charge in [-0.05, 0) is 24.6 Å². The van der Waals surface area contributed by atoms with E-state index in [-0.39, 0.29) is 17.1 Å². The average Bonchev–Trinajstić information content (AvgIpc) is 2.73. The molecular formula is C12H16FNO5S2. The molecular weight excluding hydrogens is 321 g/mol. The first kappa shape index (κ1) is 16.2. The van der Waals surface area contributed by atoms with Gasteiger partial charge < -0.3 is 4.90 Å². The summed E-state index contributed by atoms with van der Waals surface area (Å²) >= 11 is 0. The van der Waals surface area contributed by atoms with Gasteiger partial charge in [0.1, 0.15) is 5.82 Å². The number of benzene rings is 1. The van der Waals surface area contributed by atoms with Crippen LogP contribution in [0.4, 0.5) is 10.1 Å². The average molecular weight is 337 g/mol. The van der Waals surface area contributed by atoms with Crippen LogP contribution >= 0.6 is 0 Å². The molecule has 1 aromatic carbocycles. The molecule has 1 aliphatic heterocycles. The van der Waals surface area contributed by atoms with Crippen LogP contribution in [0.1, 0.15) is 6.42 Å². The summed E-state index contributed by atoms with van der Waals surface area (Å²) in [6, 6.07) is 3.68. The summed E-state index contributed by atoms with van der Waals surface area (Å²) in [6.07, 6.45) is 1.92. The Labute approximate surface area is 123 Å². The van der Waals surface area contributed by atoms with Gasteiger partial charge in [-0.3, -0.25) is 4.18 Å². The third-order valence-corrected chi connectivity index (χ3v) is 4.88. The van der Waals surface area contributed by atoms with Crippen molar-refractivity contribution in [2.45, 2.75) is 17.4 Å². The van der Waals surface area contributed by atoms with E-state index in [4.69, 9.17) is 4.18 Å². The van der Waals surface area contributed by atoms with Crippen molar-refractivity contribution in [1.82, 2.24) is 0 Å². The minimum atomic E-state index is -3.55. The second kappa shape index (κ2) is 5.54. The lowest BCUT2D eigenvalue weighted by atomic mass is 10.3. The fourth-order valence-electron chi connectivity index (χ4n) is 2.25. The molecule has 0 saturated carbocycles. The Balaban J connectivity index is 2.17. The van der Waals surface area contributed by atoms with Gasteiger partial charge in [0.05, 0.1) is 22.9 Å². The topological polar surface area (TPSA) is 80.8 Å². The molecule has 1 fully saturated rings. The second-order valence-corrected chi connectivity index (χ2v) is 8.66. The molecule has 6 nitrogen and oxygen atoms in total. The fraction of sp³-hybridized carbons (Fsp3) is 0.500. The first-order valence-electron chi connectivity index (χ1n) is 6.19. The zero-order valence-corrected chi connectivity index (χ0v) is 13.2. The van der Waals surface area contributed by atoms with E-state index in [9.17, 15) is 21.2 Å². The molecule has 9 heteroatoms. The van der Waals surface area contributed by atoms with Gasteiger partial charge in [0.25, 0.3) is 10.1 Å². The van der Waals surface area contributed by atoms with Crippen LogP contribution in [0, 0.1) is 5.82 Å². The van der Waals surface area contributed by atoms with Crippen LogP contribution in [0.2, 0.25) is 0 Å². The number of rotatable bonds is 4. The van der Waals surface area contributed by atoms with E-state index in [1.54, 1.807) is 4.90 Å². The van der Waals surface area contributed by atoms with E-state index in [1.165, 1.54) is 12.1 Å². The molecule has 1 saturated heterocycles. The van der Waals surface area contributed by atoms with E-state index < -0.39 is 31.9 Å². The van der Waals surface area contributed by atoms with E-state index in [0.29, 0.717) is 13.0 Å². The van der Waals surface area contributed by atoms with Crippen molar-refractivity contribution in [2.75, 3.05) is 30.5 Å². The molecule has 0 aliphatic carbocycles. The first-order valence-corrected chi connectivity index (χ1v) is 9.90. The minimum Gasteiger partial charge on any atom is -0.366 e. The summed E-state index contributed by atoms with van der Waals surface area (Å²) in [5.74, 6) is -0.655. The highest BCUT2D eigenvalue weighted by Crippen LogP contribution is 2.27.